The van der Waals surface area contributed by atoms with E-state index in [0.717, 1.165) is 18.4 Å². The molecule has 3 unspecified atom stereocenters. The van der Waals surface area contributed by atoms with E-state index in [1.165, 1.54) is 0 Å². The van der Waals surface area contributed by atoms with E-state index >= 15 is 0 Å². The number of piperidine rings is 1. The lowest BCUT2D eigenvalue weighted by Crippen LogP contribution is -2.56. The van der Waals surface area contributed by atoms with E-state index in [1.54, 1.807) is 6.26 Å². The summed E-state index contributed by atoms with van der Waals surface area (Å²) in [6, 6.07) is 4.79. The van der Waals surface area contributed by atoms with Crippen molar-refractivity contribution < 1.29 is 4.74 Å². The summed E-state index contributed by atoms with van der Waals surface area (Å²) in [5, 5.41) is 23.0. The van der Waals surface area contributed by atoms with Gasteiger partial charge in [-0.2, -0.15) is 10.5 Å². The van der Waals surface area contributed by atoms with Gasteiger partial charge in [-0.05, 0) is 31.8 Å². The second-order valence-corrected chi connectivity index (χ2v) is 5.37. The number of nitriles is 2. The molecule has 0 aliphatic carbocycles. The second-order valence-electron chi connectivity index (χ2n) is 5.37. The largest absolute Gasteiger partial charge is 0.501 e. The molecule has 0 aromatic carbocycles. The third-order valence-corrected chi connectivity index (χ3v) is 4.05. The molecule has 2 aliphatic heterocycles. The average molecular weight is 260 g/mol. The predicted molar refractivity (Wildman–Crippen MR) is 70.3 cm³/mol. The van der Waals surface area contributed by atoms with Crippen LogP contribution in [0.25, 0.3) is 0 Å². The molecule has 2 fully saturated rings. The van der Waals surface area contributed by atoms with Gasteiger partial charge >= 0.3 is 0 Å². The Kier molecular flexibility index (Phi) is 3.80. The zero-order chi connectivity index (χ0) is 14.0. The molecule has 2 rings (SSSR count). The minimum Gasteiger partial charge on any atom is -0.501 e. The van der Waals surface area contributed by atoms with E-state index in [2.05, 4.69) is 17.1 Å². The van der Waals surface area contributed by atoms with Gasteiger partial charge in [-0.25, -0.2) is 10.0 Å². The third kappa shape index (κ3) is 2.10. The van der Waals surface area contributed by atoms with E-state index in [4.69, 9.17) is 4.74 Å². The first-order valence-corrected chi connectivity index (χ1v) is 6.67. The lowest BCUT2D eigenvalue weighted by Gasteiger charge is -2.44. The topological polar surface area (TPSA) is 63.3 Å². The summed E-state index contributed by atoms with van der Waals surface area (Å²) >= 11 is 0. The zero-order valence-corrected chi connectivity index (χ0v) is 11.8. The molecule has 2 aliphatic rings. The Morgan fingerprint density at radius 2 is 2.26 bits per heavy atom. The number of ether oxygens (including phenoxy) is 1. The summed E-state index contributed by atoms with van der Waals surface area (Å²) in [5.41, 5.74) is 0.600. The number of hydrogen-bond donors (Lipinski definition) is 0. The summed E-state index contributed by atoms with van der Waals surface area (Å²) in [6.45, 7) is 2.57. The van der Waals surface area contributed by atoms with Crippen LogP contribution in [0.3, 0.4) is 0 Å². The maximum absolute atomic E-state index is 9.58. The number of nitrogens with zero attached hydrogens (tertiary/aromatic N) is 4. The van der Waals surface area contributed by atoms with Crippen molar-refractivity contribution in [3.8, 4) is 12.1 Å². The first-order valence-electron chi connectivity index (χ1n) is 6.67. The van der Waals surface area contributed by atoms with E-state index in [-0.39, 0.29) is 12.0 Å². The zero-order valence-electron chi connectivity index (χ0n) is 11.8. The van der Waals surface area contributed by atoms with Gasteiger partial charge < -0.3 is 4.74 Å². The summed E-state index contributed by atoms with van der Waals surface area (Å²) in [4.78, 5) is 0. The van der Waals surface area contributed by atoms with Gasteiger partial charge in [-0.15, -0.1) is 0 Å². The Bertz CT molecular complexity index is 459. The Balaban J connectivity index is 2.41. The molecular weight excluding hydrogens is 240 g/mol. The highest BCUT2D eigenvalue weighted by molar-refractivity contribution is 5.31. The van der Waals surface area contributed by atoms with Crippen LogP contribution in [0.15, 0.2) is 11.8 Å². The summed E-state index contributed by atoms with van der Waals surface area (Å²) < 4.78 is 5.41. The monoisotopic (exact) mass is 260 g/mol. The van der Waals surface area contributed by atoms with Gasteiger partial charge in [-0.3, -0.25) is 0 Å². The van der Waals surface area contributed by atoms with Crippen molar-refractivity contribution in [2.75, 3.05) is 20.7 Å². The standard InChI is InChI=1S/C14H20N4O/c1-4-19-9-11-5-6-14(10-16)7-12(8-15)13(11)18(14)17(2)3/h9,12-13H,4-7H2,1-3H3/b11-9+. The number of fused-ring (bicyclic) bond motifs is 2. The summed E-state index contributed by atoms with van der Waals surface area (Å²) in [7, 11) is 3.87. The fourth-order valence-corrected chi connectivity index (χ4v) is 3.36. The maximum Gasteiger partial charge on any atom is 0.124 e. The SMILES string of the molecule is CCO/C=C1\CCC2(C#N)CC(C#N)C1N2N(C)C. The Hall–Kier alpha value is -1.56. The third-order valence-electron chi connectivity index (χ3n) is 4.05. The molecule has 0 radical (unpaired) electrons. The van der Waals surface area contributed by atoms with Crippen LogP contribution in [0.5, 0.6) is 0 Å². The fourth-order valence-electron chi connectivity index (χ4n) is 3.36. The van der Waals surface area contributed by atoms with Gasteiger partial charge in [0, 0.05) is 14.1 Å². The minimum atomic E-state index is -0.530. The first kappa shape index (κ1) is 13.9. The molecule has 2 bridgehead atoms. The van der Waals surface area contributed by atoms with Gasteiger partial charge in [0.2, 0.25) is 0 Å². The van der Waals surface area contributed by atoms with Crippen molar-refractivity contribution in [1.29, 1.82) is 10.5 Å². The molecule has 0 amide bonds. The van der Waals surface area contributed by atoms with Crippen molar-refractivity contribution in [3.05, 3.63) is 11.8 Å². The van der Waals surface area contributed by atoms with Crippen LogP contribution >= 0.6 is 0 Å². The molecule has 0 spiro atoms. The lowest BCUT2D eigenvalue weighted by atomic mass is 9.89. The van der Waals surface area contributed by atoms with Gasteiger partial charge in [-0.1, -0.05) is 0 Å². The van der Waals surface area contributed by atoms with Crippen LogP contribution in [0.1, 0.15) is 26.2 Å². The second kappa shape index (κ2) is 5.21. The normalized spacial score (nSPS) is 36.2. The Morgan fingerprint density at radius 1 is 1.53 bits per heavy atom. The van der Waals surface area contributed by atoms with E-state index in [1.807, 2.05) is 26.0 Å². The molecule has 0 aromatic rings. The average Bonchev–Trinajstić information content (AvgIpc) is 2.66. The molecule has 5 nitrogen and oxygen atoms in total. The molecule has 0 N–H and O–H groups in total. The van der Waals surface area contributed by atoms with Crippen molar-refractivity contribution in [3.63, 3.8) is 0 Å². The first-order chi connectivity index (χ1) is 9.09. The van der Waals surface area contributed by atoms with Crippen LogP contribution in [0.4, 0.5) is 0 Å². The smallest absolute Gasteiger partial charge is 0.124 e. The van der Waals surface area contributed by atoms with Gasteiger partial charge in [0.1, 0.15) is 5.54 Å². The molecule has 19 heavy (non-hydrogen) atoms. The molecule has 3 atom stereocenters. The summed E-state index contributed by atoms with van der Waals surface area (Å²) in [5.74, 6) is -0.142. The summed E-state index contributed by atoms with van der Waals surface area (Å²) in [6.07, 6.45) is 4.00. The highest BCUT2D eigenvalue weighted by atomic mass is 16.5. The van der Waals surface area contributed by atoms with Crippen LogP contribution < -0.4 is 0 Å². The fraction of sp³-hybridized carbons (Fsp3) is 0.714. The molecule has 0 saturated carbocycles. The quantitative estimate of drug-likeness (QED) is 0.722. The maximum atomic E-state index is 9.58. The molecular formula is C14H20N4O. The molecule has 5 heteroatoms. The Labute approximate surface area is 114 Å². The van der Waals surface area contributed by atoms with Gasteiger partial charge in [0.05, 0.1) is 37.0 Å². The van der Waals surface area contributed by atoms with Crippen molar-refractivity contribution >= 4 is 0 Å². The van der Waals surface area contributed by atoms with Crippen LogP contribution in [0.2, 0.25) is 0 Å². The lowest BCUT2D eigenvalue weighted by molar-refractivity contribution is -0.0622. The number of hydrazine groups is 1. The molecule has 2 saturated heterocycles. The predicted octanol–water partition coefficient (Wildman–Crippen LogP) is 1.65. The highest BCUT2D eigenvalue weighted by Gasteiger charge is 2.57. The van der Waals surface area contributed by atoms with E-state index < -0.39 is 5.54 Å². The minimum absolute atomic E-state index is 0.0278. The molecule has 2 heterocycles. The van der Waals surface area contributed by atoms with Gasteiger partial charge in [0.25, 0.3) is 0 Å². The number of hydrogen-bond acceptors (Lipinski definition) is 5. The Morgan fingerprint density at radius 3 is 2.79 bits per heavy atom. The van der Waals surface area contributed by atoms with E-state index in [9.17, 15) is 10.5 Å². The highest BCUT2D eigenvalue weighted by Crippen LogP contribution is 2.49. The van der Waals surface area contributed by atoms with E-state index in [0.29, 0.717) is 13.0 Å². The van der Waals surface area contributed by atoms with Crippen molar-refractivity contribution in [1.82, 2.24) is 10.0 Å². The van der Waals surface area contributed by atoms with Crippen LogP contribution in [0, 0.1) is 28.6 Å². The molecule has 0 aromatic heterocycles. The van der Waals surface area contributed by atoms with Gasteiger partial charge in [0.15, 0.2) is 0 Å². The molecule has 102 valence electrons. The van der Waals surface area contributed by atoms with Crippen LogP contribution in [-0.4, -0.2) is 42.3 Å². The van der Waals surface area contributed by atoms with Crippen LogP contribution in [-0.2, 0) is 4.74 Å². The van der Waals surface area contributed by atoms with Crippen molar-refractivity contribution in [2.45, 2.75) is 37.8 Å². The number of rotatable bonds is 3. The van der Waals surface area contributed by atoms with Crippen molar-refractivity contribution in [2.24, 2.45) is 5.92 Å².